The predicted molar refractivity (Wildman–Crippen MR) is 147 cm³/mol. The maximum absolute atomic E-state index is 13.9. The van der Waals surface area contributed by atoms with Crippen LogP contribution in [0.1, 0.15) is 59.5 Å². The number of benzene rings is 1. The molecule has 0 atom stereocenters. The Balaban J connectivity index is 1.10. The molecule has 1 aliphatic carbocycles. The Labute approximate surface area is 235 Å². The molecule has 2 aliphatic heterocycles. The SMILES string of the molecule is Cc1nccc(N2CC3(C2)C(=O)N(C[C@H]2CC[C@H](NC(=O)c4cc(Cl)cnc4C(F)F)CC2)c2ccccc23)n1. The summed E-state index contributed by atoms with van der Waals surface area (Å²) in [7, 11) is 0. The van der Waals surface area contributed by atoms with Crippen LogP contribution in [0, 0.1) is 12.8 Å². The first-order valence-corrected chi connectivity index (χ1v) is 13.8. The molecular formula is C29H29ClF2N6O2. The number of alkyl halides is 2. The van der Waals surface area contributed by atoms with E-state index in [-0.39, 0.29) is 28.5 Å². The standard InChI is InChI=1S/C29H29ClF2N6O2/c1-17-33-11-10-24(35-17)37-15-29(16-37)22-4-2-3-5-23(22)38(28(29)40)14-18-6-8-20(9-7-18)36-27(39)21-12-19(30)13-34-25(21)26(31)32/h2-5,10-13,18,20,26H,6-9,14-16H2,1H3,(H,36,39)/t18-,20-. The van der Waals surface area contributed by atoms with Crippen molar-refractivity contribution in [2.45, 2.75) is 50.5 Å². The summed E-state index contributed by atoms with van der Waals surface area (Å²) in [5.41, 5.74) is 0.692. The fourth-order valence-electron chi connectivity index (χ4n) is 6.29. The van der Waals surface area contributed by atoms with E-state index in [2.05, 4.69) is 31.2 Å². The number of fused-ring (bicyclic) bond motifs is 2. The molecule has 1 saturated carbocycles. The summed E-state index contributed by atoms with van der Waals surface area (Å²) < 4.78 is 26.7. The Morgan fingerprint density at radius 1 is 1.15 bits per heavy atom. The van der Waals surface area contributed by atoms with Crippen LogP contribution >= 0.6 is 11.6 Å². The topological polar surface area (TPSA) is 91.3 Å². The van der Waals surface area contributed by atoms with Gasteiger partial charge in [-0.25, -0.2) is 18.7 Å². The number of nitrogens with zero attached hydrogens (tertiary/aromatic N) is 5. The van der Waals surface area contributed by atoms with E-state index in [0.29, 0.717) is 38.3 Å². The highest BCUT2D eigenvalue weighted by molar-refractivity contribution is 6.30. The highest BCUT2D eigenvalue weighted by Crippen LogP contribution is 2.48. The number of pyridine rings is 1. The third-order valence-corrected chi connectivity index (χ3v) is 8.54. The zero-order chi connectivity index (χ0) is 28.0. The van der Waals surface area contributed by atoms with Gasteiger partial charge in [-0.05, 0) is 62.3 Å². The first-order valence-electron chi connectivity index (χ1n) is 13.5. The van der Waals surface area contributed by atoms with Gasteiger partial charge < -0.3 is 15.1 Å². The maximum Gasteiger partial charge on any atom is 0.281 e. The third-order valence-electron chi connectivity index (χ3n) is 8.33. The minimum atomic E-state index is -2.87. The number of hydrogen-bond acceptors (Lipinski definition) is 6. The monoisotopic (exact) mass is 566 g/mol. The van der Waals surface area contributed by atoms with Crippen LogP contribution in [0.3, 0.4) is 0 Å². The Hall–Kier alpha value is -3.66. The second-order valence-corrected chi connectivity index (χ2v) is 11.3. The van der Waals surface area contributed by atoms with Crippen LogP contribution in [-0.4, -0.2) is 52.4 Å². The van der Waals surface area contributed by atoms with E-state index in [1.165, 1.54) is 6.07 Å². The number of halogens is 3. The summed E-state index contributed by atoms with van der Waals surface area (Å²) in [6, 6.07) is 11.0. The van der Waals surface area contributed by atoms with Gasteiger partial charge in [0, 0.05) is 43.8 Å². The summed E-state index contributed by atoms with van der Waals surface area (Å²) in [4.78, 5) is 43.1. The number of amides is 2. The Kier molecular flexibility index (Phi) is 6.90. The molecule has 2 aromatic heterocycles. The zero-order valence-electron chi connectivity index (χ0n) is 22.0. The molecule has 1 aromatic carbocycles. The second-order valence-electron chi connectivity index (χ2n) is 10.9. The van der Waals surface area contributed by atoms with Crippen LogP contribution in [0.15, 0.2) is 48.8 Å². The van der Waals surface area contributed by atoms with Crippen LogP contribution in [0.2, 0.25) is 5.02 Å². The van der Waals surface area contributed by atoms with Gasteiger partial charge in [0.25, 0.3) is 12.3 Å². The molecule has 2 fully saturated rings. The second kappa shape index (κ2) is 10.4. The van der Waals surface area contributed by atoms with Gasteiger partial charge in [0.1, 0.15) is 22.8 Å². The van der Waals surface area contributed by atoms with Crippen LogP contribution in [-0.2, 0) is 10.2 Å². The number of carbonyl (C=O) groups excluding carboxylic acids is 2. The van der Waals surface area contributed by atoms with Crippen molar-refractivity contribution in [1.29, 1.82) is 0 Å². The lowest BCUT2D eigenvalue weighted by molar-refractivity contribution is -0.124. The molecule has 1 saturated heterocycles. The van der Waals surface area contributed by atoms with Crippen LogP contribution in [0.5, 0.6) is 0 Å². The van der Waals surface area contributed by atoms with E-state index in [1.54, 1.807) is 6.20 Å². The average Bonchev–Trinajstić information content (AvgIpc) is 3.16. The summed E-state index contributed by atoms with van der Waals surface area (Å²) in [5, 5.41) is 3.02. The van der Waals surface area contributed by atoms with Gasteiger partial charge in [0.15, 0.2) is 0 Å². The lowest BCUT2D eigenvalue weighted by Crippen LogP contribution is -2.64. The Morgan fingerprint density at radius 2 is 1.90 bits per heavy atom. The fraction of sp³-hybridized carbons (Fsp3) is 0.414. The molecule has 0 unspecified atom stereocenters. The molecule has 2 amide bonds. The number of nitrogens with one attached hydrogen (secondary N) is 1. The summed E-state index contributed by atoms with van der Waals surface area (Å²) in [6.07, 6.45) is 3.00. The molecule has 0 bridgehead atoms. The normalized spacial score (nSPS) is 21.5. The van der Waals surface area contributed by atoms with Gasteiger partial charge >= 0.3 is 0 Å². The minimum Gasteiger partial charge on any atom is -0.354 e. The van der Waals surface area contributed by atoms with Crippen molar-refractivity contribution in [2.24, 2.45) is 5.92 Å². The average molecular weight is 567 g/mol. The number of rotatable bonds is 6. The zero-order valence-corrected chi connectivity index (χ0v) is 22.7. The minimum absolute atomic E-state index is 0.124. The van der Waals surface area contributed by atoms with E-state index in [0.717, 1.165) is 36.1 Å². The molecule has 11 heteroatoms. The molecule has 0 radical (unpaired) electrons. The molecule has 208 valence electrons. The molecule has 4 heterocycles. The van der Waals surface area contributed by atoms with Gasteiger partial charge in [0.05, 0.1) is 10.6 Å². The van der Waals surface area contributed by atoms with E-state index in [9.17, 15) is 18.4 Å². The van der Waals surface area contributed by atoms with Crippen LogP contribution in [0.4, 0.5) is 20.3 Å². The predicted octanol–water partition coefficient (Wildman–Crippen LogP) is 4.86. The first-order chi connectivity index (χ1) is 19.2. The maximum atomic E-state index is 13.9. The van der Waals surface area contributed by atoms with Crippen molar-refractivity contribution in [1.82, 2.24) is 20.3 Å². The van der Waals surface area contributed by atoms with Crippen LogP contribution in [0.25, 0.3) is 0 Å². The van der Waals surface area contributed by atoms with Gasteiger partial charge in [0.2, 0.25) is 5.91 Å². The molecular weight excluding hydrogens is 538 g/mol. The van der Waals surface area contributed by atoms with Crippen molar-refractivity contribution >= 4 is 34.9 Å². The first kappa shape index (κ1) is 26.6. The molecule has 40 heavy (non-hydrogen) atoms. The number of hydrogen-bond donors (Lipinski definition) is 1. The number of carbonyl (C=O) groups is 2. The highest BCUT2D eigenvalue weighted by Gasteiger charge is 2.58. The molecule has 8 nitrogen and oxygen atoms in total. The summed E-state index contributed by atoms with van der Waals surface area (Å²) in [6.45, 7) is 3.62. The van der Waals surface area contributed by atoms with Crippen molar-refractivity contribution in [3.05, 3.63) is 76.5 Å². The smallest absolute Gasteiger partial charge is 0.281 e. The van der Waals surface area contributed by atoms with Gasteiger partial charge in [-0.1, -0.05) is 29.8 Å². The summed E-state index contributed by atoms with van der Waals surface area (Å²) >= 11 is 5.91. The van der Waals surface area contributed by atoms with Gasteiger partial charge in [-0.15, -0.1) is 0 Å². The number of para-hydroxylation sites is 1. The van der Waals surface area contributed by atoms with E-state index >= 15 is 0 Å². The Bertz CT molecular complexity index is 1460. The van der Waals surface area contributed by atoms with Crippen molar-refractivity contribution in [2.75, 3.05) is 29.4 Å². The van der Waals surface area contributed by atoms with Crippen molar-refractivity contribution < 1.29 is 18.4 Å². The lowest BCUT2D eigenvalue weighted by Gasteiger charge is -2.47. The molecule has 1 N–H and O–H groups in total. The number of aromatic nitrogens is 3. The van der Waals surface area contributed by atoms with Crippen molar-refractivity contribution in [3.8, 4) is 0 Å². The van der Waals surface area contributed by atoms with E-state index in [4.69, 9.17) is 11.6 Å². The number of aryl methyl sites for hydroxylation is 1. The third kappa shape index (κ3) is 4.68. The molecule has 1 spiro atoms. The highest BCUT2D eigenvalue weighted by atomic mass is 35.5. The summed E-state index contributed by atoms with van der Waals surface area (Å²) in [5.74, 6) is 1.33. The van der Waals surface area contributed by atoms with Gasteiger partial charge in [-0.3, -0.25) is 14.6 Å². The fourth-order valence-corrected chi connectivity index (χ4v) is 6.44. The molecule has 3 aromatic rings. The quantitative estimate of drug-likeness (QED) is 0.458. The van der Waals surface area contributed by atoms with Gasteiger partial charge in [-0.2, -0.15) is 0 Å². The lowest BCUT2D eigenvalue weighted by atomic mass is 9.74. The van der Waals surface area contributed by atoms with E-state index in [1.807, 2.05) is 36.1 Å². The molecule has 3 aliphatic rings. The van der Waals surface area contributed by atoms with Crippen molar-refractivity contribution in [3.63, 3.8) is 0 Å². The van der Waals surface area contributed by atoms with E-state index < -0.39 is 23.4 Å². The molecule has 6 rings (SSSR count). The number of anilines is 2. The Morgan fingerprint density at radius 3 is 2.62 bits per heavy atom. The van der Waals surface area contributed by atoms with Crippen LogP contribution < -0.4 is 15.1 Å². The largest absolute Gasteiger partial charge is 0.354 e.